The van der Waals surface area contributed by atoms with Gasteiger partial charge >= 0.3 is 0 Å². The standard InChI is InChI=1S/C34H54ClNO/c1-27(2)12-9-13-28(3)14-10-15-29(4)16-11-17-30(5)22-23-37-33-21-20-32(34(35)24-33)26-36-25-31-18-7-6-8-19-31/h6-8,18-21,24,27-30,36H,9-17,22-23,25-26H2,1-5H3. The van der Waals surface area contributed by atoms with E-state index in [-0.39, 0.29) is 0 Å². The highest BCUT2D eigenvalue weighted by Crippen LogP contribution is 2.25. The lowest BCUT2D eigenvalue weighted by Gasteiger charge is -2.16. The number of hydrogen-bond acceptors (Lipinski definition) is 2. The van der Waals surface area contributed by atoms with Crippen LogP contribution in [0.4, 0.5) is 0 Å². The molecule has 0 spiro atoms. The molecule has 2 aromatic rings. The van der Waals surface area contributed by atoms with Crippen LogP contribution >= 0.6 is 11.6 Å². The molecular weight excluding hydrogens is 474 g/mol. The van der Waals surface area contributed by atoms with Gasteiger partial charge in [-0.05, 0) is 53.4 Å². The molecule has 0 aliphatic rings. The number of nitrogens with one attached hydrogen (secondary N) is 1. The van der Waals surface area contributed by atoms with Gasteiger partial charge in [0.15, 0.2) is 0 Å². The van der Waals surface area contributed by atoms with Crippen molar-refractivity contribution in [2.24, 2.45) is 23.7 Å². The van der Waals surface area contributed by atoms with E-state index >= 15 is 0 Å². The Bertz CT molecular complexity index is 837. The van der Waals surface area contributed by atoms with Crippen LogP contribution in [0.2, 0.25) is 5.02 Å². The highest BCUT2D eigenvalue weighted by atomic mass is 35.5. The first-order valence-electron chi connectivity index (χ1n) is 15.0. The van der Waals surface area contributed by atoms with Crippen LogP contribution in [0.15, 0.2) is 48.5 Å². The minimum atomic E-state index is 0.699. The molecule has 2 nitrogen and oxygen atoms in total. The third-order valence-corrected chi connectivity index (χ3v) is 8.01. The van der Waals surface area contributed by atoms with Gasteiger partial charge < -0.3 is 10.1 Å². The molecule has 2 aromatic carbocycles. The van der Waals surface area contributed by atoms with E-state index in [2.05, 4.69) is 70.3 Å². The van der Waals surface area contributed by atoms with E-state index in [9.17, 15) is 0 Å². The molecule has 0 aliphatic carbocycles. The van der Waals surface area contributed by atoms with Gasteiger partial charge in [-0.3, -0.25) is 0 Å². The van der Waals surface area contributed by atoms with Gasteiger partial charge in [0.1, 0.15) is 5.75 Å². The maximum atomic E-state index is 6.52. The van der Waals surface area contributed by atoms with E-state index in [1.807, 2.05) is 18.2 Å². The third-order valence-electron chi connectivity index (χ3n) is 7.66. The summed E-state index contributed by atoms with van der Waals surface area (Å²) in [5.41, 5.74) is 2.38. The Morgan fingerprint density at radius 1 is 0.676 bits per heavy atom. The summed E-state index contributed by atoms with van der Waals surface area (Å²) >= 11 is 6.52. The summed E-state index contributed by atoms with van der Waals surface area (Å²) in [4.78, 5) is 0. The fourth-order valence-corrected chi connectivity index (χ4v) is 5.25. The highest BCUT2D eigenvalue weighted by Gasteiger charge is 2.09. The zero-order valence-electron chi connectivity index (χ0n) is 24.4. The Hall–Kier alpha value is -1.51. The average Bonchev–Trinajstić information content (AvgIpc) is 2.86. The molecule has 2 rings (SSSR count). The second-order valence-corrected chi connectivity index (χ2v) is 12.4. The van der Waals surface area contributed by atoms with Gasteiger partial charge in [0, 0.05) is 18.1 Å². The zero-order chi connectivity index (χ0) is 26.9. The maximum Gasteiger partial charge on any atom is 0.120 e. The van der Waals surface area contributed by atoms with E-state index in [4.69, 9.17) is 16.3 Å². The Morgan fingerprint density at radius 3 is 1.81 bits per heavy atom. The topological polar surface area (TPSA) is 21.3 Å². The first kappa shape index (κ1) is 31.7. The summed E-state index contributed by atoms with van der Waals surface area (Å²) in [5.74, 6) is 4.17. The quantitative estimate of drug-likeness (QED) is 0.185. The molecule has 3 unspecified atom stereocenters. The van der Waals surface area contributed by atoms with Crippen LogP contribution in [0.3, 0.4) is 0 Å². The molecule has 3 atom stereocenters. The second kappa shape index (κ2) is 18.7. The van der Waals surface area contributed by atoms with Crippen LogP contribution in [-0.4, -0.2) is 6.61 Å². The van der Waals surface area contributed by atoms with Crippen LogP contribution in [0.1, 0.15) is 110 Å². The van der Waals surface area contributed by atoms with Crippen molar-refractivity contribution in [2.45, 2.75) is 112 Å². The number of benzene rings is 2. The molecule has 0 radical (unpaired) electrons. The van der Waals surface area contributed by atoms with E-state index in [1.165, 1.54) is 63.4 Å². The van der Waals surface area contributed by atoms with Crippen molar-refractivity contribution in [1.29, 1.82) is 0 Å². The maximum absolute atomic E-state index is 6.52. The fourth-order valence-electron chi connectivity index (χ4n) is 5.01. The summed E-state index contributed by atoms with van der Waals surface area (Å²) in [6.45, 7) is 14.3. The summed E-state index contributed by atoms with van der Waals surface area (Å²) in [6.07, 6.45) is 13.5. The van der Waals surface area contributed by atoms with Gasteiger partial charge in [0.2, 0.25) is 0 Å². The number of hydrogen-bond donors (Lipinski definition) is 1. The van der Waals surface area contributed by atoms with Gasteiger partial charge in [-0.2, -0.15) is 0 Å². The highest BCUT2D eigenvalue weighted by molar-refractivity contribution is 6.31. The fraction of sp³-hybridized carbons (Fsp3) is 0.647. The number of rotatable bonds is 20. The van der Waals surface area contributed by atoms with Gasteiger partial charge in [-0.15, -0.1) is 0 Å². The lowest BCUT2D eigenvalue weighted by atomic mass is 9.91. The predicted octanol–water partition coefficient (Wildman–Crippen LogP) is 10.5. The van der Waals surface area contributed by atoms with E-state index < -0.39 is 0 Å². The van der Waals surface area contributed by atoms with Crippen molar-refractivity contribution in [3.8, 4) is 5.75 Å². The summed E-state index contributed by atoms with van der Waals surface area (Å²) in [7, 11) is 0. The third kappa shape index (κ3) is 14.9. The number of halogens is 1. The molecule has 0 aliphatic heterocycles. The molecule has 208 valence electrons. The van der Waals surface area contributed by atoms with Crippen molar-refractivity contribution in [3.63, 3.8) is 0 Å². The van der Waals surface area contributed by atoms with Gasteiger partial charge in [-0.25, -0.2) is 0 Å². The first-order valence-corrected chi connectivity index (χ1v) is 15.4. The van der Waals surface area contributed by atoms with Crippen LogP contribution in [0.5, 0.6) is 5.75 Å². The van der Waals surface area contributed by atoms with Crippen molar-refractivity contribution in [3.05, 3.63) is 64.7 Å². The Kier molecular flexibility index (Phi) is 16.0. The lowest BCUT2D eigenvalue weighted by molar-refractivity contribution is 0.274. The van der Waals surface area contributed by atoms with Crippen LogP contribution in [-0.2, 0) is 13.1 Å². The molecule has 0 bridgehead atoms. The van der Waals surface area contributed by atoms with E-state index in [0.29, 0.717) is 5.92 Å². The van der Waals surface area contributed by atoms with Crippen molar-refractivity contribution in [1.82, 2.24) is 5.32 Å². The van der Waals surface area contributed by atoms with Crippen molar-refractivity contribution < 1.29 is 4.74 Å². The minimum Gasteiger partial charge on any atom is -0.494 e. The van der Waals surface area contributed by atoms with Gasteiger partial charge in [-0.1, -0.05) is 140 Å². The predicted molar refractivity (Wildman–Crippen MR) is 162 cm³/mol. The number of ether oxygens (including phenoxy) is 1. The zero-order valence-corrected chi connectivity index (χ0v) is 25.2. The van der Waals surface area contributed by atoms with Crippen LogP contribution in [0, 0.1) is 23.7 Å². The van der Waals surface area contributed by atoms with E-state index in [0.717, 1.165) is 60.2 Å². The van der Waals surface area contributed by atoms with Crippen molar-refractivity contribution >= 4 is 11.6 Å². The van der Waals surface area contributed by atoms with E-state index in [1.54, 1.807) is 0 Å². The summed E-state index contributed by atoms with van der Waals surface area (Å²) in [5, 5.41) is 4.23. The largest absolute Gasteiger partial charge is 0.494 e. The summed E-state index contributed by atoms with van der Waals surface area (Å²) in [6, 6.07) is 16.5. The van der Waals surface area contributed by atoms with Gasteiger partial charge in [0.05, 0.1) is 6.61 Å². The Labute approximate surface area is 233 Å². The molecule has 3 heteroatoms. The molecule has 37 heavy (non-hydrogen) atoms. The molecule has 0 heterocycles. The monoisotopic (exact) mass is 527 g/mol. The van der Waals surface area contributed by atoms with Gasteiger partial charge in [0.25, 0.3) is 0 Å². The second-order valence-electron chi connectivity index (χ2n) is 12.0. The normalized spacial score (nSPS) is 14.0. The molecule has 0 saturated carbocycles. The first-order chi connectivity index (χ1) is 17.8. The molecule has 0 fully saturated rings. The molecule has 0 aromatic heterocycles. The van der Waals surface area contributed by atoms with Crippen LogP contribution in [0.25, 0.3) is 0 Å². The summed E-state index contributed by atoms with van der Waals surface area (Å²) < 4.78 is 6.03. The average molecular weight is 528 g/mol. The smallest absolute Gasteiger partial charge is 0.120 e. The lowest BCUT2D eigenvalue weighted by Crippen LogP contribution is -2.13. The Morgan fingerprint density at radius 2 is 1.24 bits per heavy atom. The minimum absolute atomic E-state index is 0.699. The molecular formula is C34H54ClNO. The Balaban J connectivity index is 1.52. The molecule has 0 saturated heterocycles. The molecule has 1 N–H and O–H groups in total. The van der Waals surface area contributed by atoms with Crippen LogP contribution < -0.4 is 10.1 Å². The molecule has 0 amide bonds. The SMILES string of the molecule is CC(C)CCCC(C)CCCC(C)CCCC(C)CCOc1ccc(CNCc2ccccc2)c(Cl)c1. The van der Waals surface area contributed by atoms with Crippen molar-refractivity contribution in [2.75, 3.05) is 6.61 Å².